The molecule has 0 atom stereocenters. The average molecular weight is 267 g/mol. The summed E-state index contributed by atoms with van der Waals surface area (Å²) in [4.78, 5) is 25.8. The summed E-state index contributed by atoms with van der Waals surface area (Å²) in [5.41, 5.74) is 0.681. The van der Waals surface area contributed by atoms with Crippen LogP contribution >= 0.6 is 0 Å². The lowest BCUT2D eigenvalue weighted by Gasteiger charge is -2.07. The van der Waals surface area contributed by atoms with Gasteiger partial charge >= 0.3 is 12.0 Å². The lowest BCUT2D eigenvalue weighted by atomic mass is 10.3. The number of amides is 2. The number of carboxylic acid groups (broad SMARTS) is 1. The molecular formula is C12H17N3O4. The van der Waals surface area contributed by atoms with Crippen LogP contribution in [0.3, 0.4) is 0 Å². The molecule has 7 heteroatoms. The molecule has 0 aliphatic heterocycles. The molecule has 0 aliphatic carbocycles. The molecule has 0 spiro atoms. The summed E-state index contributed by atoms with van der Waals surface area (Å²) in [6.45, 7) is 0.603. The fourth-order valence-electron chi connectivity index (χ4n) is 1.34. The molecule has 0 unspecified atom stereocenters. The van der Waals surface area contributed by atoms with Crippen molar-refractivity contribution in [2.45, 2.75) is 19.4 Å². The Hall–Kier alpha value is -2.31. The van der Waals surface area contributed by atoms with E-state index in [1.54, 1.807) is 18.2 Å². The molecule has 1 aromatic rings. The van der Waals surface area contributed by atoms with Crippen LogP contribution in [0.4, 0.5) is 4.79 Å². The van der Waals surface area contributed by atoms with Gasteiger partial charge in [-0.15, -0.1) is 0 Å². The zero-order valence-corrected chi connectivity index (χ0v) is 10.7. The molecule has 0 fully saturated rings. The minimum absolute atomic E-state index is 0.0394. The smallest absolute Gasteiger partial charge is 0.315 e. The number of carbonyl (C=O) groups excluding carboxylic acids is 1. The number of ether oxygens (including phenoxy) is 1. The summed E-state index contributed by atoms with van der Waals surface area (Å²) in [6, 6.07) is 4.92. The zero-order chi connectivity index (χ0) is 14.1. The number of nitrogens with zero attached hydrogens (tertiary/aromatic N) is 1. The summed E-state index contributed by atoms with van der Waals surface area (Å²) in [5, 5.41) is 13.6. The van der Waals surface area contributed by atoms with Crippen molar-refractivity contribution in [1.82, 2.24) is 15.6 Å². The number of hydrogen-bond donors (Lipinski definition) is 3. The van der Waals surface area contributed by atoms with E-state index in [1.165, 1.54) is 7.11 Å². The lowest BCUT2D eigenvalue weighted by molar-refractivity contribution is -0.137. The van der Waals surface area contributed by atoms with E-state index in [-0.39, 0.29) is 19.0 Å². The minimum Gasteiger partial charge on any atom is -0.481 e. The Balaban J connectivity index is 2.24. The maximum Gasteiger partial charge on any atom is 0.315 e. The van der Waals surface area contributed by atoms with Crippen molar-refractivity contribution in [3.05, 3.63) is 23.9 Å². The second-order valence-corrected chi connectivity index (χ2v) is 3.78. The lowest BCUT2D eigenvalue weighted by Crippen LogP contribution is -2.35. The third-order valence-electron chi connectivity index (χ3n) is 2.27. The number of methoxy groups -OCH3 is 1. The molecule has 0 bridgehead atoms. The molecule has 2 amide bonds. The number of nitrogens with one attached hydrogen (secondary N) is 2. The van der Waals surface area contributed by atoms with Crippen LogP contribution in [0.2, 0.25) is 0 Å². The highest BCUT2D eigenvalue weighted by Crippen LogP contribution is 2.05. The van der Waals surface area contributed by atoms with Gasteiger partial charge in [-0.3, -0.25) is 4.79 Å². The summed E-state index contributed by atoms with van der Waals surface area (Å²) in [6.07, 6.45) is 0.442. The van der Waals surface area contributed by atoms with Crippen LogP contribution in [-0.4, -0.2) is 35.7 Å². The van der Waals surface area contributed by atoms with Crippen molar-refractivity contribution in [2.75, 3.05) is 13.7 Å². The second kappa shape index (κ2) is 7.91. The van der Waals surface area contributed by atoms with Gasteiger partial charge in [-0.1, -0.05) is 6.07 Å². The van der Waals surface area contributed by atoms with Crippen LogP contribution < -0.4 is 15.4 Å². The molecule has 0 saturated heterocycles. The van der Waals surface area contributed by atoms with Gasteiger partial charge in [-0.25, -0.2) is 9.78 Å². The van der Waals surface area contributed by atoms with Crippen LogP contribution in [0.15, 0.2) is 18.2 Å². The van der Waals surface area contributed by atoms with Gasteiger partial charge in [0.1, 0.15) is 0 Å². The van der Waals surface area contributed by atoms with E-state index in [9.17, 15) is 9.59 Å². The largest absolute Gasteiger partial charge is 0.481 e. The van der Waals surface area contributed by atoms with Gasteiger partial charge in [0.15, 0.2) is 0 Å². The average Bonchev–Trinajstić information content (AvgIpc) is 2.41. The summed E-state index contributed by atoms with van der Waals surface area (Å²) < 4.78 is 4.97. The Morgan fingerprint density at radius 2 is 2.16 bits per heavy atom. The molecule has 0 saturated carbocycles. The van der Waals surface area contributed by atoms with Crippen LogP contribution in [0.5, 0.6) is 5.88 Å². The van der Waals surface area contributed by atoms with Crippen molar-refractivity contribution in [3.63, 3.8) is 0 Å². The van der Waals surface area contributed by atoms with Crippen LogP contribution in [0.25, 0.3) is 0 Å². The van der Waals surface area contributed by atoms with Crippen LogP contribution in [0.1, 0.15) is 18.5 Å². The normalized spacial score (nSPS) is 9.74. The topological polar surface area (TPSA) is 101 Å². The molecule has 7 nitrogen and oxygen atoms in total. The van der Waals surface area contributed by atoms with E-state index >= 15 is 0 Å². The number of aromatic nitrogens is 1. The highest BCUT2D eigenvalue weighted by molar-refractivity contribution is 5.73. The third kappa shape index (κ3) is 6.25. The van der Waals surface area contributed by atoms with Gasteiger partial charge in [-0.05, 0) is 12.5 Å². The molecule has 1 aromatic heterocycles. The molecule has 0 aliphatic rings. The summed E-state index contributed by atoms with van der Waals surface area (Å²) in [7, 11) is 1.52. The first-order valence-electron chi connectivity index (χ1n) is 5.85. The van der Waals surface area contributed by atoms with Gasteiger partial charge in [0.25, 0.3) is 0 Å². The molecule has 3 N–H and O–H groups in total. The first-order valence-corrected chi connectivity index (χ1v) is 5.85. The van der Waals surface area contributed by atoms with Gasteiger partial charge in [0.05, 0.1) is 19.3 Å². The first kappa shape index (κ1) is 14.7. The van der Waals surface area contributed by atoms with Crippen molar-refractivity contribution < 1.29 is 19.4 Å². The molecule has 1 heterocycles. The van der Waals surface area contributed by atoms with Gasteiger partial charge < -0.3 is 20.5 Å². The third-order valence-corrected chi connectivity index (χ3v) is 2.27. The van der Waals surface area contributed by atoms with E-state index in [0.29, 0.717) is 24.5 Å². The van der Waals surface area contributed by atoms with Gasteiger partial charge in [0.2, 0.25) is 5.88 Å². The highest BCUT2D eigenvalue weighted by atomic mass is 16.5. The molecular weight excluding hydrogens is 250 g/mol. The number of carboxylic acids is 1. The molecule has 0 aromatic carbocycles. The van der Waals surface area contributed by atoms with Crippen molar-refractivity contribution in [2.24, 2.45) is 0 Å². The molecule has 0 radical (unpaired) electrons. The molecule has 1 rings (SSSR count). The van der Waals surface area contributed by atoms with E-state index in [0.717, 1.165) is 0 Å². The number of hydrogen-bond acceptors (Lipinski definition) is 4. The number of rotatable bonds is 7. The monoisotopic (exact) mass is 267 g/mol. The van der Waals surface area contributed by atoms with E-state index in [2.05, 4.69) is 15.6 Å². The predicted molar refractivity (Wildman–Crippen MR) is 67.9 cm³/mol. The van der Waals surface area contributed by atoms with Crippen molar-refractivity contribution >= 4 is 12.0 Å². The minimum atomic E-state index is -0.872. The zero-order valence-electron chi connectivity index (χ0n) is 10.7. The Labute approximate surface area is 111 Å². The van der Waals surface area contributed by atoms with E-state index in [1.807, 2.05) is 0 Å². The van der Waals surface area contributed by atoms with E-state index < -0.39 is 5.97 Å². The predicted octanol–water partition coefficient (Wildman–Crippen LogP) is 0.754. The molecule has 104 valence electrons. The van der Waals surface area contributed by atoms with Gasteiger partial charge in [0, 0.05) is 19.0 Å². The van der Waals surface area contributed by atoms with Crippen molar-refractivity contribution in [3.8, 4) is 5.88 Å². The van der Waals surface area contributed by atoms with Crippen molar-refractivity contribution in [1.29, 1.82) is 0 Å². The quantitative estimate of drug-likeness (QED) is 0.633. The van der Waals surface area contributed by atoms with E-state index in [4.69, 9.17) is 9.84 Å². The summed E-state index contributed by atoms with van der Waals surface area (Å²) in [5.74, 6) is -0.385. The fourth-order valence-corrected chi connectivity index (χ4v) is 1.34. The Morgan fingerprint density at radius 3 is 2.84 bits per heavy atom. The SMILES string of the molecule is COc1cccc(CNC(=O)NCCCC(=O)O)n1. The van der Waals surface area contributed by atoms with Crippen LogP contribution in [0, 0.1) is 0 Å². The fraction of sp³-hybridized carbons (Fsp3) is 0.417. The maximum atomic E-state index is 11.4. The maximum absolute atomic E-state index is 11.4. The standard InChI is InChI=1S/C12H17N3O4/c1-19-10-5-2-4-9(15-10)8-14-12(18)13-7-3-6-11(16)17/h2,4-5H,3,6-8H2,1H3,(H,16,17)(H2,13,14,18). The Morgan fingerprint density at radius 1 is 1.37 bits per heavy atom. The number of urea groups is 1. The van der Waals surface area contributed by atoms with Gasteiger partial charge in [-0.2, -0.15) is 0 Å². The Kier molecular flexibility index (Phi) is 6.14. The summed E-state index contributed by atoms with van der Waals surface area (Å²) >= 11 is 0. The van der Waals surface area contributed by atoms with Crippen LogP contribution in [-0.2, 0) is 11.3 Å². The number of pyridine rings is 1. The number of carbonyl (C=O) groups is 2. The highest BCUT2D eigenvalue weighted by Gasteiger charge is 2.02. The Bertz CT molecular complexity index is 437. The second-order valence-electron chi connectivity index (χ2n) is 3.78. The number of aliphatic carboxylic acids is 1. The first-order chi connectivity index (χ1) is 9.11. The molecule has 19 heavy (non-hydrogen) atoms.